The summed E-state index contributed by atoms with van der Waals surface area (Å²) in [5.41, 5.74) is 33.3. The molecule has 1 fully saturated rings. The highest BCUT2D eigenvalue weighted by atomic mass is 16.4. The van der Waals surface area contributed by atoms with Crippen LogP contribution in [-0.2, 0) is 49.6 Å². The van der Waals surface area contributed by atoms with Gasteiger partial charge in [0.15, 0.2) is 5.96 Å². The van der Waals surface area contributed by atoms with Gasteiger partial charge in [0.1, 0.15) is 41.6 Å². The molecule has 1 aromatic heterocycles. The van der Waals surface area contributed by atoms with Gasteiger partial charge in [-0.2, -0.15) is 0 Å². The lowest BCUT2D eigenvalue weighted by Crippen LogP contribution is -2.60. The number of aliphatic hydroxyl groups is 1. The molecule has 0 spiro atoms. The number of rotatable bonds is 33. The maximum absolute atomic E-state index is 14.1. The first-order valence-corrected chi connectivity index (χ1v) is 23.8. The third-order valence-electron chi connectivity index (χ3n) is 11.2. The van der Waals surface area contributed by atoms with Gasteiger partial charge in [0.25, 0.3) is 17.7 Å². The van der Waals surface area contributed by atoms with E-state index in [0.29, 0.717) is 44.3 Å². The van der Waals surface area contributed by atoms with Gasteiger partial charge in [0, 0.05) is 37.9 Å². The van der Waals surface area contributed by atoms with Crippen molar-refractivity contribution in [2.45, 2.75) is 133 Å². The van der Waals surface area contributed by atoms with Gasteiger partial charge in [-0.1, -0.05) is 6.42 Å². The van der Waals surface area contributed by atoms with Crippen LogP contribution >= 0.6 is 0 Å². The third kappa shape index (κ3) is 21.7. The van der Waals surface area contributed by atoms with E-state index in [1.807, 2.05) is 0 Å². The molecule has 0 radical (unpaired) electrons. The molecular weight excluding hydrogens is 945 g/mol. The number of nitrogens with zero attached hydrogens (tertiary/aromatic N) is 4. The van der Waals surface area contributed by atoms with E-state index >= 15 is 0 Å². The van der Waals surface area contributed by atoms with Crippen LogP contribution in [0.25, 0.3) is 0 Å². The van der Waals surface area contributed by atoms with Gasteiger partial charge in [0.2, 0.25) is 29.5 Å². The summed E-state index contributed by atoms with van der Waals surface area (Å²) in [6.07, 6.45) is 3.95. The second-order valence-electron chi connectivity index (χ2n) is 17.0. The number of likely N-dealkylation sites (tertiary alicyclic amines) is 1. The second kappa shape index (κ2) is 33.0. The second-order valence-corrected chi connectivity index (χ2v) is 17.0. The zero-order chi connectivity index (χ0) is 53.8. The van der Waals surface area contributed by atoms with Crippen LogP contribution in [0.15, 0.2) is 22.5 Å². The summed E-state index contributed by atoms with van der Waals surface area (Å²) in [6, 6.07) is -7.74. The molecule has 2 heterocycles. The van der Waals surface area contributed by atoms with E-state index in [1.54, 1.807) is 0 Å². The van der Waals surface area contributed by atoms with E-state index in [2.05, 4.69) is 51.9 Å². The highest BCUT2D eigenvalue weighted by Crippen LogP contribution is 2.20. The van der Waals surface area contributed by atoms with E-state index in [-0.39, 0.29) is 89.2 Å². The number of carboxylic acid groups (broad SMARTS) is 1. The first-order valence-electron chi connectivity index (χ1n) is 23.8. The molecular formula is C43H74N18O11. The number of aliphatic hydroxyl groups excluding tert-OH is 1. The molecule has 72 heavy (non-hydrogen) atoms. The molecule has 0 aliphatic carbocycles. The number of aromatic nitrogens is 2. The fraction of sp³-hybridized carbons (Fsp3) is 0.651. The van der Waals surface area contributed by atoms with Crippen molar-refractivity contribution in [3.63, 3.8) is 0 Å². The number of carbonyl (C=O) groups is 9. The predicted molar refractivity (Wildman–Crippen MR) is 262 cm³/mol. The van der Waals surface area contributed by atoms with Gasteiger partial charge < -0.3 is 86.4 Å². The Labute approximate surface area is 416 Å². The minimum atomic E-state index is -1.57. The summed E-state index contributed by atoms with van der Waals surface area (Å²) >= 11 is 0. The summed E-state index contributed by atoms with van der Waals surface area (Å²) in [5.74, 6) is -8.64. The molecule has 29 nitrogen and oxygen atoms in total. The minimum Gasteiger partial charge on any atom is -0.477 e. The predicted octanol–water partition coefficient (Wildman–Crippen LogP) is -6.05. The molecule has 402 valence electrons. The molecule has 7 atom stereocenters. The Hall–Kier alpha value is -6.79. The number of guanidine groups is 1. The standard InChI is InChI=1S/C43H74N18O11/c1-24(55-40(69)34(32(62)20-47)60-36(65)26(48)9-2-4-14-44)35(64)53-22-33(63)56-28(11-6-16-46)41(70)61-18-8-13-31(61)39(68)59-30(19-25-21-51-23-54-25)38(67)57-27(10-3-5-15-45)37(66)58-29(42(71)72)12-7-17-52-43(49)50/h21,23-24,26-27,30-32,34,62H,2-20,22,44-48H2,1H3,(H,51,54)(H,53,64)(H,55,69)(H,57,67)(H,59,68)(H,60,65)(H,71,72)(H4,49,50,52)/b56-28+,58-29+/t24-,26-,27-,30-,31-,32-,34-/m0/s1. The van der Waals surface area contributed by atoms with Crippen molar-refractivity contribution >= 4 is 70.6 Å². The number of unbranched alkanes of at least 4 members (excludes halogenated alkanes) is 2. The first kappa shape index (κ1) is 61.3. The molecule has 22 N–H and O–H groups in total. The SMILES string of the molecule is C[C@H](NC(=O)[C@@H](NC(=O)[C@@H](N)CCCCN)[C@@H](O)CN)C(=O)NCC(=O)/N=C(\CCCN)C(=O)N1CCC[C@H]1C(=O)N[C@@H](Cc1cnc[nH]1)C(=O)N[C@@H](CCCCN)C(=O)/N=C(\CCCNC(=N)N)C(=O)O. The molecule has 8 amide bonds. The summed E-state index contributed by atoms with van der Waals surface area (Å²) in [6.45, 7) is 1.08. The number of aromatic amines is 1. The van der Waals surface area contributed by atoms with E-state index in [9.17, 15) is 53.4 Å². The molecule has 0 aromatic carbocycles. The fourth-order valence-corrected chi connectivity index (χ4v) is 7.19. The first-order chi connectivity index (χ1) is 34.3. The van der Waals surface area contributed by atoms with Gasteiger partial charge in [-0.05, 0) is 97.2 Å². The lowest BCUT2D eigenvalue weighted by Gasteiger charge is -2.27. The molecule has 2 rings (SSSR count). The Morgan fingerprint density at radius 1 is 0.819 bits per heavy atom. The van der Waals surface area contributed by atoms with Crippen molar-refractivity contribution in [1.82, 2.24) is 46.8 Å². The number of amides is 8. The van der Waals surface area contributed by atoms with Crippen molar-refractivity contribution in [3.8, 4) is 0 Å². The van der Waals surface area contributed by atoms with Crippen LogP contribution in [0.4, 0.5) is 0 Å². The Morgan fingerprint density at radius 2 is 1.49 bits per heavy atom. The molecule has 1 aliphatic rings. The van der Waals surface area contributed by atoms with E-state index in [1.165, 1.54) is 24.3 Å². The molecule has 29 heteroatoms. The summed E-state index contributed by atoms with van der Waals surface area (Å²) in [5, 5.41) is 42.2. The van der Waals surface area contributed by atoms with Crippen LogP contribution in [0.5, 0.6) is 0 Å². The van der Waals surface area contributed by atoms with E-state index < -0.39 is 114 Å². The lowest BCUT2D eigenvalue weighted by molar-refractivity contribution is -0.136. The average Bonchev–Trinajstić information content (AvgIpc) is 4.06. The summed E-state index contributed by atoms with van der Waals surface area (Å²) < 4.78 is 0. The highest BCUT2D eigenvalue weighted by Gasteiger charge is 2.38. The summed E-state index contributed by atoms with van der Waals surface area (Å²) in [4.78, 5) is 135. The topological polar surface area (TPSA) is 503 Å². The zero-order valence-corrected chi connectivity index (χ0v) is 40.7. The largest absolute Gasteiger partial charge is 0.477 e. The van der Waals surface area contributed by atoms with Crippen LogP contribution in [0.1, 0.15) is 89.7 Å². The smallest absolute Gasteiger partial charge is 0.350 e. The number of hydrogen-bond acceptors (Lipinski definition) is 17. The number of carboxylic acids is 1. The van der Waals surface area contributed by atoms with Gasteiger partial charge in [-0.15, -0.1) is 0 Å². The van der Waals surface area contributed by atoms with Crippen molar-refractivity contribution in [3.05, 3.63) is 18.2 Å². The third-order valence-corrected chi connectivity index (χ3v) is 11.2. The lowest BCUT2D eigenvalue weighted by atomic mass is 10.1. The van der Waals surface area contributed by atoms with Crippen LogP contribution in [0.3, 0.4) is 0 Å². The molecule has 0 saturated carbocycles. The number of aliphatic carboxylic acids is 1. The molecule has 1 saturated heterocycles. The Balaban J connectivity index is 2.25. The Bertz CT molecular complexity index is 2050. The van der Waals surface area contributed by atoms with Crippen molar-refractivity contribution < 1.29 is 53.4 Å². The normalized spacial score (nSPS) is 16.3. The van der Waals surface area contributed by atoms with Crippen molar-refractivity contribution in [2.75, 3.05) is 45.8 Å². The molecule has 1 aliphatic heterocycles. The van der Waals surface area contributed by atoms with E-state index in [0.717, 1.165) is 0 Å². The van der Waals surface area contributed by atoms with Gasteiger partial charge >= 0.3 is 5.97 Å². The highest BCUT2D eigenvalue weighted by molar-refractivity contribution is 6.40. The van der Waals surface area contributed by atoms with Crippen LogP contribution in [0.2, 0.25) is 0 Å². The number of nitrogens with two attached hydrogens (primary N) is 6. The van der Waals surface area contributed by atoms with Crippen LogP contribution < -0.4 is 66.3 Å². The van der Waals surface area contributed by atoms with Crippen molar-refractivity contribution in [1.29, 1.82) is 5.41 Å². The van der Waals surface area contributed by atoms with Gasteiger partial charge in [0.05, 0.1) is 25.0 Å². The Morgan fingerprint density at radius 3 is 2.10 bits per heavy atom. The quantitative estimate of drug-likeness (QED) is 0.0177. The fourth-order valence-electron chi connectivity index (χ4n) is 7.19. The Kier molecular flexibility index (Phi) is 28.1. The minimum absolute atomic E-state index is 0.0247. The maximum atomic E-state index is 14.1. The zero-order valence-electron chi connectivity index (χ0n) is 40.7. The number of nitrogens with one attached hydrogen (secondary N) is 8. The van der Waals surface area contributed by atoms with Crippen LogP contribution in [-0.4, -0.2) is 184 Å². The summed E-state index contributed by atoms with van der Waals surface area (Å²) in [7, 11) is 0. The van der Waals surface area contributed by atoms with Crippen LogP contribution in [0, 0.1) is 5.41 Å². The molecule has 1 aromatic rings. The maximum Gasteiger partial charge on any atom is 0.350 e. The number of imidazole rings is 1. The molecule has 0 unspecified atom stereocenters. The number of hydrogen-bond donors (Lipinski definition) is 16. The van der Waals surface area contributed by atoms with E-state index in [4.69, 9.17) is 39.8 Å². The molecule has 0 bridgehead atoms. The van der Waals surface area contributed by atoms with Crippen molar-refractivity contribution in [2.24, 2.45) is 44.4 Å². The van der Waals surface area contributed by atoms with Gasteiger partial charge in [-0.3, -0.25) is 43.8 Å². The average molecular weight is 1020 g/mol. The monoisotopic (exact) mass is 1020 g/mol. The number of carbonyl (C=O) groups excluding carboxylic acids is 8. The van der Waals surface area contributed by atoms with Gasteiger partial charge in [-0.25, -0.2) is 19.8 Å². The number of H-pyrrole nitrogens is 1. The number of aliphatic imine (C=N–C) groups is 2.